The number of piperidine rings is 1. The molecule has 0 radical (unpaired) electrons. The highest BCUT2D eigenvalue weighted by Crippen LogP contribution is 2.22. The Morgan fingerprint density at radius 3 is 2.36 bits per heavy atom. The topological polar surface area (TPSA) is 64.8 Å². The predicted octanol–water partition coefficient (Wildman–Crippen LogP) is 3.41. The van der Waals surface area contributed by atoms with Gasteiger partial charge in [-0.3, -0.25) is 9.69 Å². The van der Waals surface area contributed by atoms with Crippen molar-refractivity contribution in [3.63, 3.8) is 0 Å². The van der Waals surface area contributed by atoms with Gasteiger partial charge in [-0.2, -0.15) is 0 Å². The van der Waals surface area contributed by atoms with E-state index in [-0.39, 0.29) is 11.6 Å². The van der Waals surface area contributed by atoms with Crippen LogP contribution in [0.1, 0.15) is 47.0 Å². The maximum absolute atomic E-state index is 11.7. The van der Waals surface area contributed by atoms with Crippen molar-refractivity contribution in [3.05, 3.63) is 0 Å². The molecule has 0 spiro atoms. The van der Waals surface area contributed by atoms with Crippen LogP contribution in [0.5, 0.6) is 0 Å². The quantitative estimate of drug-likeness (QED) is 0.292. The Kier molecular flexibility index (Phi) is 13.1. The third-order valence-corrected chi connectivity index (χ3v) is 4.15. The van der Waals surface area contributed by atoms with Crippen molar-refractivity contribution in [1.82, 2.24) is 4.90 Å². The molecule has 1 rings (SSSR count). The molecular formula is C15H31IN2O3S. The first-order valence-corrected chi connectivity index (χ1v) is 11.1. The maximum Gasteiger partial charge on any atom is 0.320 e. The van der Waals surface area contributed by atoms with E-state index in [9.17, 15) is 4.79 Å². The fourth-order valence-electron chi connectivity index (χ4n) is 2.24. The Balaban J connectivity index is 0.00000135. The van der Waals surface area contributed by atoms with Gasteiger partial charge in [-0.1, -0.05) is 6.92 Å². The second-order valence-corrected chi connectivity index (χ2v) is 7.83. The van der Waals surface area contributed by atoms with Gasteiger partial charge in [0, 0.05) is 21.2 Å². The van der Waals surface area contributed by atoms with Crippen molar-refractivity contribution in [2.45, 2.75) is 52.6 Å². The molecule has 0 aromatic rings. The number of esters is 1. The summed E-state index contributed by atoms with van der Waals surface area (Å²) < 4.78 is 10.6. The molecule has 1 saturated heterocycles. The Morgan fingerprint density at radius 2 is 1.91 bits per heavy atom. The third-order valence-electron chi connectivity index (χ3n) is 3.13. The van der Waals surface area contributed by atoms with Gasteiger partial charge in [0.1, 0.15) is 5.60 Å². The smallest absolute Gasteiger partial charge is 0.320 e. The van der Waals surface area contributed by atoms with E-state index in [1.807, 2.05) is 27.7 Å². The summed E-state index contributed by atoms with van der Waals surface area (Å²) in [7, 11) is 1.40. The SMILES string of the molecule is CC(C)(C)OC(=O)CN1CCC(CCOSI)CC1.CCN. The number of carbonyl (C=O) groups is 1. The van der Waals surface area contributed by atoms with Crippen LogP contribution in [-0.4, -0.2) is 49.3 Å². The molecule has 132 valence electrons. The molecular weight excluding hydrogens is 415 g/mol. The molecule has 1 heterocycles. The number of halogens is 1. The Hall–Kier alpha value is 0.430. The monoisotopic (exact) mass is 446 g/mol. The molecule has 1 aliphatic heterocycles. The summed E-state index contributed by atoms with van der Waals surface area (Å²) in [6.07, 6.45) is 3.42. The number of likely N-dealkylation sites (tertiary alicyclic amines) is 1. The van der Waals surface area contributed by atoms with Crippen LogP contribution < -0.4 is 5.73 Å². The first-order valence-electron chi connectivity index (χ1n) is 7.86. The van der Waals surface area contributed by atoms with E-state index in [2.05, 4.69) is 26.1 Å². The highest BCUT2D eigenvalue weighted by Gasteiger charge is 2.23. The molecule has 0 aromatic carbocycles. The molecule has 0 saturated carbocycles. The van der Waals surface area contributed by atoms with Gasteiger partial charge in [0.15, 0.2) is 0 Å². The highest BCUT2D eigenvalue weighted by molar-refractivity contribution is 14.2. The van der Waals surface area contributed by atoms with Gasteiger partial charge in [0.25, 0.3) is 0 Å². The number of carbonyl (C=O) groups excluding carboxylic acids is 1. The van der Waals surface area contributed by atoms with Gasteiger partial charge < -0.3 is 14.7 Å². The lowest BCUT2D eigenvalue weighted by atomic mass is 9.94. The second kappa shape index (κ2) is 12.8. The Bertz CT molecular complexity index is 293. The molecule has 0 aliphatic carbocycles. The number of rotatable bonds is 6. The van der Waals surface area contributed by atoms with E-state index in [1.165, 1.54) is 9.21 Å². The average molecular weight is 446 g/mol. The lowest BCUT2D eigenvalue weighted by molar-refractivity contribution is -0.156. The molecule has 7 heteroatoms. The van der Waals surface area contributed by atoms with E-state index < -0.39 is 0 Å². The summed E-state index contributed by atoms with van der Waals surface area (Å²) in [4.78, 5) is 13.9. The minimum Gasteiger partial charge on any atom is -0.459 e. The summed E-state index contributed by atoms with van der Waals surface area (Å²) >= 11 is 2.14. The van der Waals surface area contributed by atoms with E-state index >= 15 is 0 Å². The molecule has 22 heavy (non-hydrogen) atoms. The normalized spacial score (nSPS) is 16.8. The summed E-state index contributed by atoms with van der Waals surface area (Å²) in [5.41, 5.74) is 4.46. The first kappa shape index (κ1) is 22.4. The van der Waals surface area contributed by atoms with Crippen LogP contribution in [0, 0.1) is 5.92 Å². The molecule has 1 fully saturated rings. The maximum atomic E-state index is 11.7. The summed E-state index contributed by atoms with van der Waals surface area (Å²) in [6.45, 7) is 11.6. The number of nitrogens with zero attached hydrogens (tertiary/aromatic N) is 1. The third kappa shape index (κ3) is 12.9. The van der Waals surface area contributed by atoms with Gasteiger partial charge in [-0.05, 0) is 65.6 Å². The summed E-state index contributed by atoms with van der Waals surface area (Å²) in [5, 5.41) is 0. The van der Waals surface area contributed by atoms with Crippen LogP contribution in [0.25, 0.3) is 0 Å². The van der Waals surface area contributed by atoms with Crippen LogP contribution in [0.2, 0.25) is 0 Å². The van der Waals surface area contributed by atoms with Gasteiger partial charge in [0.2, 0.25) is 0 Å². The van der Waals surface area contributed by atoms with Crippen molar-refractivity contribution in [2.24, 2.45) is 11.7 Å². The highest BCUT2D eigenvalue weighted by atomic mass is 127. The van der Waals surface area contributed by atoms with Crippen LogP contribution >= 0.6 is 30.4 Å². The molecule has 5 nitrogen and oxygen atoms in total. The summed E-state index contributed by atoms with van der Waals surface area (Å²) in [5.74, 6) is 0.619. The van der Waals surface area contributed by atoms with Crippen molar-refractivity contribution in [2.75, 3.05) is 32.8 Å². The molecule has 0 amide bonds. The van der Waals surface area contributed by atoms with Crippen molar-refractivity contribution in [1.29, 1.82) is 0 Å². The van der Waals surface area contributed by atoms with E-state index in [1.54, 1.807) is 0 Å². The standard InChI is InChI=1S/C13H24INO3S.C2H7N/c1-13(2,3)18-12(16)10-15-7-4-11(5-8-15)6-9-17-19-14;1-2-3/h11H,4-10H2,1-3H3;2-3H2,1H3. The zero-order chi connectivity index (χ0) is 17.0. The molecule has 0 bridgehead atoms. The average Bonchev–Trinajstić information content (AvgIpc) is 2.40. The molecule has 0 unspecified atom stereocenters. The second-order valence-electron chi connectivity index (χ2n) is 6.39. The lowest BCUT2D eigenvalue weighted by Crippen LogP contribution is -2.39. The number of hydrogen-bond donors (Lipinski definition) is 1. The van der Waals surface area contributed by atoms with Gasteiger partial charge in [-0.15, -0.1) is 0 Å². The molecule has 1 aliphatic rings. The lowest BCUT2D eigenvalue weighted by Gasteiger charge is -2.31. The molecule has 0 atom stereocenters. The first-order chi connectivity index (χ1) is 10.3. The predicted molar refractivity (Wildman–Crippen MR) is 102 cm³/mol. The van der Waals surface area contributed by atoms with Crippen LogP contribution in [-0.2, 0) is 13.7 Å². The van der Waals surface area contributed by atoms with E-state index in [0.717, 1.165) is 51.4 Å². The van der Waals surface area contributed by atoms with Crippen molar-refractivity contribution < 1.29 is 13.7 Å². The van der Waals surface area contributed by atoms with Gasteiger partial charge >= 0.3 is 5.97 Å². The molecule has 2 N–H and O–H groups in total. The Labute approximate surface area is 151 Å². The van der Waals surface area contributed by atoms with E-state index in [0.29, 0.717) is 6.54 Å². The minimum absolute atomic E-state index is 0.115. The fraction of sp³-hybridized carbons (Fsp3) is 0.933. The van der Waals surface area contributed by atoms with E-state index in [4.69, 9.17) is 14.7 Å². The van der Waals surface area contributed by atoms with Crippen molar-refractivity contribution >= 4 is 36.4 Å². The Morgan fingerprint density at radius 1 is 1.36 bits per heavy atom. The summed E-state index contributed by atoms with van der Waals surface area (Å²) in [6, 6.07) is 0. The number of nitrogens with two attached hydrogens (primary N) is 1. The molecule has 0 aromatic heterocycles. The number of hydrogen-bond acceptors (Lipinski definition) is 6. The van der Waals surface area contributed by atoms with Gasteiger partial charge in [-0.25, -0.2) is 0 Å². The number of ether oxygens (including phenoxy) is 1. The zero-order valence-corrected chi connectivity index (χ0v) is 17.2. The van der Waals surface area contributed by atoms with Crippen LogP contribution in [0.4, 0.5) is 0 Å². The largest absolute Gasteiger partial charge is 0.459 e. The zero-order valence-electron chi connectivity index (χ0n) is 14.3. The minimum atomic E-state index is -0.385. The van der Waals surface area contributed by atoms with Crippen molar-refractivity contribution in [3.8, 4) is 0 Å². The van der Waals surface area contributed by atoms with Crippen LogP contribution in [0.3, 0.4) is 0 Å². The fourth-order valence-corrected chi connectivity index (χ4v) is 2.93. The van der Waals surface area contributed by atoms with Crippen LogP contribution in [0.15, 0.2) is 0 Å². The van der Waals surface area contributed by atoms with Gasteiger partial charge in [0.05, 0.1) is 22.4 Å².